The Kier molecular flexibility index (Phi) is 3.16. The number of aromatic nitrogens is 1. The first kappa shape index (κ1) is 12.9. The molecule has 0 radical (unpaired) electrons. The predicted octanol–water partition coefficient (Wildman–Crippen LogP) is 2.36. The molecule has 0 aliphatic heterocycles. The van der Waals surface area contributed by atoms with E-state index in [-0.39, 0.29) is 11.0 Å². The maximum atomic E-state index is 12.3. The molecule has 0 saturated heterocycles. The molecule has 0 atom stereocenters. The lowest BCUT2D eigenvalue weighted by Gasteiger charge is -2.06. The van der Waals surface area contributed by atoms with Gasteiger partial charge in [0.1, 0.15) is 5.56 Å². The number of anilines is 2. The van der Waals surface area contributed by atoms with Gasteiger partial charge in [0.05, 0.1) is 0 Å². The SMILES string of the molecule is Nc1cccc(NC(=O)c2c[nH]c3ccccc3c2=O)c1. The van der Waals surface area contributed by atoms with Crippen LogP contribution in [0.5, 0.6) is 0 Å². The van der Waals surface area contributed by atoms with Crippen LogP contribution >= 0.6 is 0 Å². The topological polar surface area (TPSA) is 88.0 Å². The number of fused-ring (bicyclic) bond motifs is 1. The average Bonchev–Trinajstić information content (AvgIpc) is 2.48. The summed E-state index contributed by atoms with van der Waals surface area (Å²) in [6.07, 6.45) is 1.42. The number of pyridine rings is 1. The van der Waals surface area contributed by atoms with Crippen LogP contribution in [0, 0.1) is 0 Å². The third kappa shape index (κ3) is 2.49. The van der Waals surface area contributed by atoms with Crippen LogP contribution < -0.4 is 16.5 Å². The van der Waals surface area contributed by atoms with Crippen LogP contribution in [0.1, 0.15) is 10.4 Å². The zero-order valence-corrected chi connectivity index (χ0v) is 11.1. The van der Waals surface area contributed by atoms with Crippen molar-refractivity contribution in [1.82, 2.24) is 4.98 Å². The maximum Gasteiger partial charge on any atom is 0.261 e. The van der Waals surface area contributed by atoms with Crippen LogP contribution in [0.15, 0.2) is 59.5 Å². The second-order valence-electron chi connectivity index (χ2n) is 4.66. The van der Waals surface area contributed by atoms with E-state index in [1.807, 2.05) is 6.07 Å². The van der Waals surface area contributed by atoms with Crippen molar-refractivity contribution in [1.29, 1.82) is 0 Å². The van der Waals surface area contributed by atoms with Crippen molar-refractivity contribution in [2.75, 3.05) is 11.1 Å². The molecule has 5 heteroatoms. The highest BCUT2D eigenvalue weighted by Crippen LogP contribution is 2.13. The molecule has 0 saturated carbocycles. The van der Waals surface area contributed by atoms with Crippen molar-refractivity contribution >= 4 is 28.2 Å². The predicted molar refractivity (Wildman–Crippen MR) is 83.4 cm³/mol. The summed E-state index contributed by atoms with van der Waals surface area (Å²) in [4.78, 5) is 27.5. The summed E-state index contributed by atoms with van der Waals surface area (Å²) in [5.74, 6) is -0.465. The lowest BCUT2D eigenvalue weighted by molar-refractivity contribution is 0.102. The van der Waals surface area contributed by atoms with E-state index < -0.39 is 5.91 Å². The molecular weight excluding hydrogens is 266 g/mol. The number of amides is 1. The van der Waals surface area contributed by atoms with E-state index in [0.717, 1.165) is 0 Å². The number of nitrogens with one attached hydrogen (secondary N) is 2. The van der Waals surface area contributed by atoms with Crippen LogP contribution in [0.2, 0.25) is 0 Å². The molecule has 0 bridgehead atoms. The first-order valence-electron chi connectivity index (χ1n) is 6.42. The summed E-state index contributed by atoms with van der Waals surface area (Å²) < 4.78 is 0. The summed E-state index contributed by atoms with van der Waals surface area (Å²) in [7, 11) is 0. The Morgan fingerprint density at radius 3 is 2.71 bits per heavy atom. The molecule has 0 aliphatic carbocycles. The molecule has 0 unspecified atom stereocenters. The number of aromatic amines is 1. The lowest BCUT2D eigenvalue weighted by atomic mass is 10.1. The first-order valence-corrected chi connectivity index (χ1v) is 6.42. The van der Waals surface area contributed by atoms with Gasteiger partial charge in [0, 0.05) is 28.5 Å². The fraction of sp³-hybridized carbons (Fsp3) is 0. The van der Waals surface area contributed by atoms with Gasteiger partial charge in [0.25, 0.3) is 5.91 Å². The standard InChI is InChI=1S/C16H13N3O2/c17-10-4-3-5-11(8-10)19-16(21)13-9-18-14-7-2-1-6-12(14)15(13)20/h1-9H,17H2,(H,18,20)(H,19,21). The molecule has 0 fully saturated rings. The summed E-state index contributed by atoms with van der Waals surface area (Å²) >= 11 is 0. The molecule has 0 spiro atoms. The summed E-state index contributed by atoms with van der Waals surface area (Å²) in [5, 5.41) is 3.15. The van der Waals surface area contributed by atoms with Crippen molar-refractivity contribution in [3.8, 4) is 0 Å². The van der Waals surface area contributed by atoms with E-state index in [1.54, 1.807) is 42.5 Å². The first-order chi connectivity index (χ1) is 10.1. The van der Waals surface area contributed by atoms with Gasteiger partial charge < -0.3 is 16.0 Å². The number of carbonyl (C=O) groups is 1. The third-order valence-corrected chi connectivity index (χ3v) is 3.18. The molecule has 1 heterocycles. The summed E-state index contributed by atoms with van der Waals surface area (Å²) in [5.41, 5.74) is 7.21. The zero-order valence-electron chi connectivity index (χ0n) is 11.1. The third-order valence-electron chi connectivity index (χ3n) is 3.18. The molecule has 2 aromatic carbocycles. The zero-order chi connectivity index (χ0) is 14.8. The molecule has 4 N–H and O–H groups in total. The van der Waals surface area contributed by atoms with E-state index in [9.17, 15) is 9.59 Å². The Bertz CT molecular complexity index is 884. The fourth-order valence-corrected chi connectivity index (χ4v) is 2.15. The fourth-order valence-electron chi connectivity index (χ4n) is 2.15. The Balaban J connectivity index is 1.99. The van der Waals surface area contributed by atoms with E-state index in [2.05, 4.69) is 10.3 Å². The van der Waals surface area contributed by atoms with Gasteiger partial charge in [-0.25, -0.2) is 0 Å². The van der Waals surface area contributed by atoms with Crippen LogP contribution in [-0.2, 0) is 0 Å². The van der Waals surface area contributed by atoms with Crippen LogP contribution in [0.25, 0.3) is 10.9 Å². The van der Waals surface area contributed by atoms with Crippen LogP contribution in [-0.4, -0.2) is 10.9 Å². The largest absolute Gasteiger partial charge is 0.399 e. The van der Waals surface area contributed by atoms with E-state index in [1.165, 1.54) is 6.20 Å². The van der Waals surface area contributed by atoms with Gasteiger partial charge >= 0.3 is 0 Å². The maximum absolute atomic E-state index is 12.3. The van der Waals surface area contributed by atoms with Gasteiger partial charge in [0.2, 0.25) is 5.43 Å². The highest BCUT2D eigenvalue weighted by Gasteiger charge is 2.12. The van der Waals surface area contributed by atoms with E-state index in [0.29, 0.717) is 22.3 Å². The van der Waals surface area contributed by atoms with Gasteiger partial charge in [-0.3, -0.25) is 9.59 Å². The molecule has 3 aromatic rings. The average molecular weight is 279 g/mol. The Morgan fingerprint density at radius 1 is 1.10 bits per heavy atom. The number of para-hydroxylation sites is 1. The van der Waals surface area contributed by atoms with Gasteiger partial charge in [-0.1, -0.05) is 18.2 Å². The van der Waals surface area contributed by atoms with Crippen molar-refractivity contribution < 1.29 is 4.79 Å². The summed E-state index contributed by atoms with van der Waals surface area (Å²) in [6, 6.07) is 13.9. The van der Waals surface area contributed by atoms with Gasteiger partial charge in [-0.2, -0.15) is 0 Å². The number of hydrogen-bond acceptors (Lipinski definition) is 3. The van der Waals surface area contributed by atoms with Crippen molar-refractivity contribution in [2.45, 2.75) is 0 Å². The molecule has 1 aromatic heterocycles. The number of rotatable bonds is 2. The number of carbonyl (C=O) groups excluding carboxylic acids is 1. The quantitative estimate of drug-likeness (QED) is 0.629. The minimum Gasteiger partial charge on any atom is -0.399 e. The monoisotopic (exact) mass is 279 g/mol. The number of nitrogens with two attached hydrogens (primary N) is 1. The molecule has 21 heavy (non-hydrogen) atoms. The number of nitrogen functional groups attached to an aromatic ring is 1. The van der Waals surface area contributed by atoms with Crippen molar-refractivity contribution in [3.63, 3.8) is 0 Å². The number of hydrogen-bond donors (Lipinski definition) is 3. The summed E-state index contributed by atoms with van der Waals surface area (Å²) in [6.45, 7) is 0. The van der Waals surface area contributed by atoms with Crippen molar-refractivity contribution in [3.05, 3.63) is 70.5 Å². The lowest BCUT2D eigenvalue weighted by Crippen LogP contribution is -2.21. The van der Waals surface area contributed by atoms with Crippen LogP contribution in [0.4, 0.5) is 11.4 Å². The molecule has 3 rings (SSSR count). The second kappa shape index (κ2) is 5.13. The minimum atomic E-state index is -0.465. The Labute approximate surface area is 120 Å². The van der Waals surface area contributed by atoms with Gasteiger partial charge in [-0.15, -0.1) is 0 Å². The second-order valence-corrected chi connectivity index (χ2v) is 4.66. The molecule has 5 nitrogen and oxygen atoms in total. The van der Waals surface area contributed by atoms with E-state index in [4.69, 9.17) is 5.73 Å². The molecular formula is C16H13N3O2. The van der Waals surface area contributed by atoms with Gasteiger partial charge in [-0.05, 0) is 30.3 Å². The van der Waals surface area contributed by atoms with Crippen molar-refractivity contribution in [2.24, 2.45) is 0 Å². The van der Waals surface area contributed by atoms with Gasteiger partial charge in [0.15, 0.2) is 0 Å². The molecule has 1 amide bonds. The van der Waals surface area contributed by atoms with E-state index >= 15 is 0 Å². The highest BCUT2D eigenvalue weighted by molar-refractivity contribution is 6.05. The number of H-pyrrole nitrogens is 1. The van der Waals surface area contributed by atoms with Crippen LogP contribution in [0.3, 0.4) is 0 Å². The normalized spacial score (nSPS) is 10.5. The Hall–Kier alpha value is -3.08. The smallest absolute Gasteiger partial charge is 0.261 e. The molecule has 0 aliphatic rings. The molecule has 104 valence electrons. The Morgan fingerprint density at radius 2 is 1.90 bits per heavy atom. The number of benzene rings is 2. The minimum absolute atomic E-state index is 0.0659. The highest BCUT2D eigenvalue weighted by atomic mass is 16.2.